The minimum absolute atomic E-state index is 0.258. The van der Waals surface area contributed by atoms with Crippen molar-refractivity contribution in [3.8, 4) is 11.5 Å². The van der Waals surface area contributed by atoms with Crippen LogP contribution in [0.1, 0.15) is 48.4 Å². The lowest BCUT2D eigenvalue weighted by Gasteiger charge is -2.32. The summed E-state index contributed by atoms with van der Waals surface area (Å²) in [5.41, 5.74) is 2.18. The zero-order chi connectivity index (χ0) is 21.3. The maximum atomic E-state index is 10.4. The van der Waals surface area contributed by atoms with Gasteiger partial charge in [-0.3, -0.25) is 0 Å². The quantitative estimate of drug-likeness (QED) is 0.563. The van der Waals surface area contributed by atoms with Crippen molar-refractivity contribution in [1.82, 2.24) is 15.2 Å². The van der Waals surface area contributed by atoms with Gasteiger partial charge in [0, 0.05) is 31.1 Å². The Morgan fingerprint density at radius 2 is 2.03 bits per heavy atom. The zero-order valence-electron chi connectivity index (χ0n) is 18.4. The molecule has 1 aliphatic rings. The van der Waals surface area contributed by atoms with Gasteiger partial charge in [0.2, 0.25) is 0 Å². The van der Waals surface area contributed by atoms with E-state index >= 15 is 0 Å². The van der Waals surface area contributed by atoms with Crippen molar-refractivity contribution in [3.63, 3.8) is 0 Å². The number of benzene rings is 1. The van der Waals surface area contributed by atoms with Gasteiger partial charge in [-0.25, -0.2) is 4.98 Å². The van der Waals surface area contributed by atoms with Crippen molar-refractivity contribution in [2.75, 3.05) is 27.3 Å². The third kappa shape index (κ3) is 6.94. The van der Waals surface area contributed by atoms with E-state index in [2.05, 4.69) is 27.6 Å². The van der Waals surface area contributed by atoms with Crippen molar-refractivity contribution in [2.24, 2.45) is 0 Å². The largest absolute Gasteiger partial charge is 0.493 e. The van der Waals surface area contributed by atoms with E-state index in [4.69, 9.17) is 9.47 Å². The molecule has 2 N–H and O–H groups in total. The van der Waals surface area contributed by atoms with Gasteiger partial charge in [0.05, 0.1) is 17.8 Å². The number of hydrogen-bond acceptors (Lipinski definition) is 7. The highest BCUT2D eigenvalue weighted by atomic mass is 32.1. The van der Waals surface area contributed by atoms with E-state index in [0.29, 0.717) is 24.1 Å². The predicted molar refractivity (Wildman–Crippen MR) is 121 cm³/mol. The first-order valence-electron chi connectivity index (χ1n) is 10.8. The Bertz CT molecular complexity index is 777. The van der Waals surface area contributed by atoms with Crippen LogP contribution in [0, 0.1) is 6.92 Å². The summed E-state index contributed by atoms with van der Waals surface area (Å²) < 4.78 is 11.4. The number of aromatic nitrogens is 1. The molecule has 7 heteroatoms. The van der Waals surface area contributed by atoms with Gasteiger partial charge >= 0.3 is 0 Å². The summed E-state index contributed by atoms with van der Waals surface area (Å²) in [6.07, 6.45) is 5.87. The van der Waals surface area contributed by atoms with Crippen molar-refractivity contribution >= 4 is 11.3 Å². The second-order valence-corrected chi connectivity index (χ2v) is 9.21. The number of thiazole rings is 1. The number of methoxy groups -OCH3 is 1. The summed E-state index contributed by atoms with van der Waals surface area (Å²) in [7, 11) is 3.75. The number of nitrogens with one attached hydrogen (secondary N) is 1. The Kier molecular flexibility index (Phi) is 8.93. The normalized spacial score (nSPS) is 16.0. The van der Waals surface area contributed by atoms with Crippen molar-refractivity contribution in [1.29, 1.82) is 0 Å². The number of hydrogen-bond donors (Lipinski definition) is 2. The lowest BCUT2D eigenvalue weighted by molar-refractivity contribution is 0.0553. The van der Waals surface area contributed by atoms with Gasteiger partial charge in [0.1, 0.15) is 12.7 Å². The van der Waals surface area contributed by atoms with Crippen LogP contribution >= 0.6 is 11.3 Å². The van der Waals surface area contributed by atoms with Crippen LogP contribution in [-0.2, 0) is 13.1 Å². The second-order valence-electron chi connectivity index (χ2n) is 8.14. The lowest BCUT2D eigenvalue weighted by atomic mass is 9.94. The standard InChI is InChI=1S/C23H35N3O3S/c1-17-25-19(16-30-17)13-24-12-18-9-10-22(23(11-18)28-3)29-15-21(27)14-26(2)20-7-5-4-6-8-20/h9-11,16,20-21,24,27H,4-8,12-15H2,1-3H3/t21-/m0/s1. The summed E-state index contributed by atoms with van der Waals surface area (Å²) in [4.78, 5) is 6.75. The van der Waals surface area contributed by atoms with E-state index in [1.54, 1.807) is 18.4 Å². The van der Waals surface area contributed by atoms with Gasteiger partial charge in [0.25, 0.3) is 0 Å². The zero-order valence-corrected chi connectivity index (χ0v) is 19.2. The second kappa shape index (κ2) is 11.6. The van der Waals surface area contributed by atoms with Crippen LogP contribution in [0.3, 0.4) is 0 Å². The summed E-state index contributed by atoms with van der Waals surface area (Å²) in [5, 5.41) is 17.0. The molecule has 6 nitrogen and oxygen atoms in total. The van der Waals surface area contributed by atoms with E-state index in [1.165, 1.54) is 32.1 Å². The molecule has 1 atom stereocenters. The van der Waals surface area contributed by atoms with Crippen LogP contribution < -0.4 is 14.8 Å². The fourth-order valence-electron chi connectivity index (χ4n) is 4.01. The molecule has 1 saturated carbocycles. The van der Waals surface area contributed by atoms with Crippen molar-refractivity contribution in [3.05, 3.63) is 39.8 Å². The SMILES string of the molecule is COc1cc(CNCc2csc(C)n2)ccc1OC[C@@H](O)CN(C)C1CCCCC1. The molecule has 0 unspecified atom stereocenters. The fourth-order valence-corrected chi connectivity index (χ4v) is 4.62. The molecule has 3 rings (SSSR count). The van der Waals surface area contributed by atoms with Crippen LogP contribution in [0.2, 0.25) is 0 Å². The molecule has 0 aliphatic heterocycles. The smallest absolute Gasteiger partial charge is 0.161 e. The molecule has 166 valence electrons. The number of nitrogens with zero attached hydrogens (tertiary/aromatic N) is 2. The van der Waals surface area contributed by atoms with Crippen molar-refractivity contribution < 1.29 is 14.6 Å². The number of aryl methyl sites for hydroxylation is 1. The maximum Gasteiger partial charge on any atom is 0.161 e. The Morgan fingerprint density at radius 3 is 2.73 bits per heavy atom. The summed E-state index contributed by atoms with van der Waals surface area (Å²) in [6, 6.07) is 6.51. The van der Waals surface area contributed by atoms with Gasteiger partial charge in [-0.1, -0.05) is 25.3 Å². The Hall–Kier alpha value is -1.67. The molecular formula is C23H35N3O3S. The van der Waals surface area contributed by atoms with Gasteiger partial charge in [-0.15, -0.1) is 11.3 Å². The van der Waals surface area contributed by atoms with Crippen LogP contribution in [0.4, 0.5) is 0 Å². The third-order valence-corrected chi connectivity index (χ3v) is 6.48. The topological polar surface area (TPSA) is 66.8 Å². The molecule has 1 heterocycles. The summed E-state index contributed by atoms with van der Waals surface area (Å²) >= 11 is 1.67. The Balaban J connectivity index is 1.45. The molecular weight excluding hydrogens is 398 g/mol. The monoisotopic (exact) mass is 433 g/mol. The third-order valence-electron chi connectivity index (χ3n) is 5.66. The first-order valence-corrected chi connectivity index (χ1v) is 11.7. The molecule has 0 radical (unpaired) electrons. The van der Waals surface area contributed by atoms with Gasteiger partial charge in [-0.05, 0) is 44.5 Å². The summed E-state index contributed by atoms with van der Waals surface area (Å²) in [5.74, 6) is 1.35. The van der Waals surface area contributed by atoms with Gasteiger partial charge in [0.15, 0.2) is 11.5 Å². The molecule has 0 bridgehead atoms. The number of rotatable bonds is 11. The first-order chi connectivity index (χ1) is 14.5. The minimum Gasteiger partial charge on any atom is -0.493 e. The number of aliphatic hydroxyl groups is 1. The number of ether oxygens (including phenoxy) is 2. The van der Waals surface area contributed by atoms with Crippen LogP contribution in [-0.4, -0.2) is 54.4 Å². The average Bonchev–Trinajstić information content (AvgIpc) is 3.18. The molecule has 30 heavy (non-hydrogen) atoms. The molecule has 1 aromatic heterocycles. The molecule has 1 fully saturated rings. The van der Waals surface area contributed by atoms with Crippen molar-refractivity contribution in [2.45, 2.75) is 64.3 Å². The highest BCUT2D eigenvalue weighted by molar-refractivity contribution is 7.09. The maximum absolute atomic E-state index is 10.4. The van der Waals surface area contributed by atoms with Gasteiger partial charge < -0.3 is 24.8 Å². The number of aliphatic hydroxyl groups excluding tert-OH is 1. The van der Waals surface area contributed by atoms with E-state index in [9.17, 15) is 5.11 Å². The highest BCUT2D eigenvalue weighted by Gasteiger charge is 2.20. The molecule has 1 aromatic carbocycles. The van der Waals surface area contributed by atoms with E-state index in [0.717, 1.165) is 29.4 Å². The van der Waals surface area contributed by atoms with E-state index in [1.807, 2.05) is 25.1 Å². The fraction of sp³-hybridized carbons (Fsp3) is 0.609. The van der Waals surface area contributed by atoms with Crippen LogP contribution in [0.5, 0.6) is 11.5 Å². The molecule has 0 amide bonds. The van der Waals surface area contributed by atoms with Crippen LogP contribution in [0.15, 0.2) is 23.6 Å². The Labute approximate surface area is 184 Å². The summed E-state index contributed by atoms with van der Waals surface area (Å²) in [6.45, 7) is 4.37. The minimum atomic E-state index is -0.524. The molecule has 0 saturated heterocycles. The average molecular weight is 434 g/mol. The van der Waals surface area contributed by atoms with Gasteiger partial charge in [-0.2, -0.15) is 0 Å². The predicted octanol–water partition coefficient (Wildman–Crippen LogP) is 3.75. The Morgan fingerprint density at radius 1 is 1.23 bits per heavy atom. The first kappa shape index (κ1) is 23.0. The molecule has 2 aromatic rings. The van der Waals surface area contributed by atoms with E-state index < -0.39 is 6.10 Å². The number of likely N-dealkylation sites (N-methyl/N-ethyl adjacent to an activating group) is 1. The van der Waals surface area contributed by atoms with E-state index in [-0.39, 0.29) is 6.61 Å². The lowest BCUT2D eigenvalue weighted by Crippen LogP contribution is -2.40. The molecule has 1 aliphatic carbocycles. The highest BCUT2D eigenvalue weighted by Crippen LogP contribution is 2.28. The molecule has 0 spiro atoms. The van der Waals surface area contributed by atoms with Crippen LogP contribution in [0.25, 0.3) is 0 Å².